The van der Waals surface area contributed by atoms with Crippen LogP contribution in [0.4, 0.5) is 5.95 Å². The summed E-state index contributed by atoms with van der Waals surface area (Å²) in [7, 11) is 0. The summed E-state index contributed by atoms with van der Waals surface area (Å²) < 4.78 is 1.65. The predicted molar refractivity (Wildman–Crippen MR) is 123 cm³/mol. The maximum atomic E-state index is 12.8. The fourth-order valence-corrected chi connectivity index (χ4v) is 4.49. The van der Waals surface area contributed by atoms with Crippen LogP contribution in [0.3, 0.4) is 0 Å². The van der Waals surface area contributed by atoms with Crippen molar-refractivity contribution in [1.82, 2.24) is 24.6 Å². The van der Waals surface area contributed by atoms with Gasteiger partial charge in [0.15, 0.2) is 0 Å². The monoisotopic (exact) mass is 468 g/mol. The lowest BCUT2D eigenvalue weighted by Crippen LogP contribution is -2.13. The van der Waals surface area contributed by atoms with Crippen molar-refractivity contribution in [3.63, 3.8) is 0 Å². The van der Waals surface area contributed by atoms with Gasteiger partial charge in [0.05, 0.1) is 33.1 Å². The Bertz CT molecular complexity index is 1490. The fourth-order valence-electron chi connectivity index (χ4n) is 3.16. The molecule has 1 amide bonds. The third kappa shape index (κ3) is 3.63. The third-order valence-electron chi connectivity index (χ3n) is 4.85. The van der Waals surface area contributed by atoms with E-state index in [9.17, 15) is 4.79 Å². The zero-order valence-electron chi connectivity index (χ0n) is 16.3. The molecule has 2 aromatic carbocycles. The molecule has 0 unspecified atom stereocenters. The molecule has 5 rings (SSSR count). The molecule has 154 valence electrons. The highest BCUT2D eigenvalue weighted by Gasteiger charge is 2.16. The molecule has 3 heterocycles. The van der Waals surface area contributed by atoms with Crippen LogP contribution in [0, 0.1) is 13.8 Å². The maximum absolute atomic E-state index is 12.8. The molecular formula is C21H14Cl2N6OS. The van der Waals surface area contributed by atoms with Gasteiger partial charge in [-0.25, -0.2) is 14.5 Å². The number of aryl methyl sites for hydroxylation is 2. The third-order valence-corrected chi connectivity index (χ3v) is 6.22. The van der Waals surface area contributed by atoms with Crippen LogP contribution in [0.15, 0.2) is 41.8 Å². The number of nitrogens with zero attached hydrogens (tertiary/aromatic N) is 5. The lowest BCUT2D eigenvalue weighted by molar-refractivity contribution is 0.102. The summed E-state index contributed by atoms with van der Waals surface area (Å²) in [6.45, 7) is 3.80. The van der Waals surface area contributed by atoms with Gasteiger partial charge < -0.3 is 0 Å². The van der Waals surface area contributed by atoms with Crippen molar-refractivity contribution in [3.05, 3.63) is 68.8 Å². The molecule has 31 heavy (non-hydrogen) atoms. The van der Waals surface area contributed by atoms with E-state index < -0.39 is 0 Å². The number of nitrogens with one attached hydrogen (secondary N) is 1. The van der Waals surface area contributed by atoms with Gasteiger partial charge in [0.2, 0.25) is 4.96 Å². The summed E-state index contributed by atoms with van der Waals surface area (Å²) in [5.41, 5.74) is 5.08. The number of amides is 1. The van der Waals surface area contributed by atoms with E-state index in [0.717, 1.165) is 28.2 Å². The highest BCUT2D eigenvalue weighted by molar-refractivity contribution is 7.15. The number of halogens is 2. The van der Waals surface area contributed by atoms with Crippen LogP contribution < -0.4 is 5.32 Å². The summed E-state index contributed by atoms with van der Waals surface area (Å²) in [5.74, 6) is -0.124. The quantitative estimate of drug-likeness (QED) is 0.373. The van der Waals surface area contributed by atoms with Gasteiger partial charge in [-0.15, -0.1) is 16.4 Å². The number of benzene rings is 2. The molecule has 7 nitrogen and oxygen atoms in total. The Kier molecular flexibility index (Phi) is 4.85. The first-order valence-electron chi connectivity index (χ1n) is 9.25. The number of carbonyl (C=O) groups excluding carboxylic acids is 1. The van der Waals surface area contributed by atoms with Crippen molar-refractivity contribution in [2.24, 2.45) is 0 Å². The van der Waals surface area contributed by atoms with Gasteiger partial charge in [0.25, 0.3) is 11.9 Å². The first kappa shape index (κ1) is 19.9. The molecule has 0 spiro atoms. The van der Waals surface area contributed by atoms with E-state index in [0.29, 0.717) is 26.1 Å². The van der Waals surface area contributed by atoms with Crippen molar-refractivity contribution in [3.8, 4) is 11.3 Å². The van der Waals surface area contributed by atoms with Gasteiger partial charge in [-0.3, -0.25) is 10.1 Å². The van der Waals surface area contributed by atoms with Crippen LogP contribution >= 0.6 is 34.5 Å². The normalized spacial score (nSPS) is 11.4. The molecule has 0 saturated heterocycles. The summed E-state index contributed by atoms with van der Waals surface area (Å²) in [6.07, 6.45) is 0. The highest BCUT2D eigenvalue weighted by atomic mass is 35.5. The zero-order chi connectivity index (χ0) is 21.7. The second-order valence-electron chi connectivity index (χ2n) is 6.93. The van der Waals surface area contributed by atoms with E-state index in [-0.39, 0.29) is 11.9 Å². The van der Waals surface area contributed by atoms with Crippen LogP contribution in [-0.4, -0.2) is 30.5 Å². The van der Waals surface area contributed by atoms with Gasteiger partial charge in [0.1, 0.15) is 0 Å². The number of carbonyl (C=O) groups is 1. The molecule has 0 radical (unpaired) electrons. The average Bonchev–Trinajstić information content (AvgIpc) is 3.29. The Morgan fingerprint density at radius 1 is 1.00 bits per heavy atom. The average molecular weight is 469 g/mol. The van der Waals surface area contributed by atoms with Crippen molar-refractivity contribution in [2.75, 3.05) is 5.32 Å². The first-order chi connectivity index (χ1) is 14.9. The number of rotatable bonds is 3. The molecule has 0 saturated carbocycles. The van der Waals surface area contributed by atoms with Crippen molar-refractivity contribution >= 4 is 62.4 Å². The predicted octanol–water partition coefficient (Wildman–Crippen LogP) is 5.58. The van der Waals surface area contributed by atoms with Crippen LogP contribution in [0.25, 0.3) is 27.3 Å². The Hall–Kier alpha value is -3.07. The van der Waals surface area contributed by atoms with Crippen molar-refractivity contribution in [1.29, 1.82) is 0 Å². The Morgan fingerprint density at radius 2 is 1.77 bits per heavy atom. The Balaban J connectivity index is 1.45. The topological polar surface area (TPSA) is 85.1 Å². The Morgan fingerprint density at radius 3 is 2.55 bits per heavy atom. The summed E-state index contributed by atoms with van der Waals surface area (Å²) in [5, 5.41) is 10.1. The minimum absolute atomic E-state index is 0.203. The fraction of sp³-hybridized carbons (Fsp3) is 0.0952. The largest absolute Gasteiger partial charge is 0.289 e. The molecule has 0 aliphatic heterocycles. The van der Waals surface area contributed by atoms with Crippen LogP contribution in [0.2, 0.25) is 10.0 Å². The highest BCUT2D eigenvalue weighted by Crippen LogP contribution is 2.33. The molecule has 0 fully saturated rings. The SMILES string of the molecule is Cc1nc2ccc(C(=O)Nc3nc4scc(-c5ccc(Cl)cc5Cl)n4n3)cc2nc1C. The molecule has 10 heteroatoms. The van der Waals surface area contributed by atoms with Crippen molar-refractivity contribution < 1.29 is 4.79 Å². The maximum Gasteiger partial charge on any atom is 0.258 e. The second kappa shape index (κ2) is 7.56. The lowest BCUT2D eigenvalue weighted by atomic mass is 10.1. The first-order valence-corrected chi connectivity index (χ1v) is 10.9. The number of anilines is 1. The zero-order valence-corrected chi connectivity index (χ0v) is 18.7. The molecule has 0 bridgehead atoms. The second-order valence-corrected chi connectivity index (χ2v) is 8.61. The standard InChI is InChI=1S/C21H14Cl2N6OS/c1-10-11(2)25-17-7-12(3-6-16(17)24-10)19(30)26-20-27-21-29(28-20)18(9-31-21)14-5-4-13(22)8-15(14)23/h3-9H,1-2H3,(H,26,28,30). The van der Waals surface area contributed by atoms with Gasteiger partial charge in [-0.2, -0.15) is 4.98 Å². The molecular weight excluding hydrogens is 455 g/mol. The molecule has 3 aromatic heterocycles. The van der Waals surface area contributed by atoms with E-state index >= 15 is 0 Å². The van der Waals surface area contributed by atoms with E-state index in [1.54, 1.807) is 34.8 Å². The van der Waals surface area contributed by atoms with E-state index in [4.69, 9.17) is 23.2 Å². The van der Waals surface area contributed by atoms with Gasteiger partial charge in [-0.1, -0.05) is 23.2 Å². The van der Waals surface area contributed by atoms with Gasteiger partial charge >= 0.3 is 0 Å². The molecule has 1 N–H and O–H groups in total. The van der Waals surface area contributed by atoms with Crippen LogP contribution in [0.1, 0.15) is 21.7 Å². The number of fused-ring (bicyclic) bond motifs is 2. The van der Waals surface area contributed by atoms with E-state index in [1.807, 2.05) is 25.3 Å². The Labute approximate surface area is 190 Å². The minimum atomic E-state index is -0.328. The van der Waals surface area contributed by atoms with Gasteiger partial charge in [0, 0.05) is 21.5 Å². The number of aromatic nitrogens is 5. The molecule has 0 aliphatic rings. The van der Waals surface area contributed by atoms with E-state index in [2.05, 4.69) is 25.4 Å². The minimum Gasteiger partial charge on any atom is -0.289 e. The number of hydrogen-bond acceptors (Lipinski definition) is 6. The van der Waals surface area contributed by atoms with E-state index in [1.165, 1.54) is 11.3 Å². The van der Waals surface area contributed by atoms with Crippen LogP contribution in [-0.2, 0) is 0 Å². The van der Waals surface area contributed by atoms with Crippen molar-refractivity contribution in [2.45, 2.75) is 13.8 Å². The van der Waals surface area contributed by atoms with Gasteiger partial charge in [-0.05, 0) is 50.2 Å². The summed E-state index contributed by atoms with van der Waals surface area (Å²) in [6, 6.07) is 10.5. The van der Waals surface area contributed by atoms with Crippen LogP contribution in [0.5, 0.6) is 0 Å². The number of hydrogen-bond donors (Lipinski definition) is 1. The molecule has 5 aromatic rings. The smallest absolute Gasteiger partial charge is 0.258 e. The molecule has 0 aliphatic carbocycles. The molecule has 0 atom stereocenters. The number of thiazole rings is 1. The summed E-state index contributed by atoms with van der Waals surface area (Å²) in [4.78, 5) is 26.8. The summed E-state index contributed by atoms with van der Waals surface area (Å²) >= 11 is 13.7. The lowest BCUT2D eigenvalue weighted by Gasteiger charge is -2.05.